The topological polar surface area (TPSA) is 49.0 Å². The molecule has 1 aromatic rings. The van der Waals surface area contributed by atoms with Crippen molar-refractivity contribution in [3.8, 4) is 35.3 Å². The zero-order chi connectivity index (χ0) is 14.1. The van der Waals surface area contributed by atoms with E-state index in [0.717, 1.165) is 0 Å². The Bertz CT molecular complexity index is 415. The molecule has 0 bridgehead atoms. The van der Waals surface area contributed by atoms with Gasteiger partial charge in [0.05, 0.1) is 27.9 Å². The first-order chi connectivity index (χ1) is 9.26. The molecule has 0 fully saturated rings. The van der Waals surface area contributed by atoms with E-state index in [1.807, 2.05) is 0 Å². The Balaban J connectivity index is 2.71. The van der Waals surface area contributed by atoms with Crippen LogP contribution in [0.2, 0.25) is 0 Å². The lowest BCUT2D eigenvalue weighted by Gasteiger charge is -2.14. The predicted octanol–water partition coefficient (Wildman–Crippen LogP) is 1.31. The molecule has 0 amide bonds. The molecule has 104 valence electrons. The minimum atomic E-state index is 0.500. The molecular formula is C14H19NO4. The molecule has 0 aliphatic heterocycles. The number of ether oxygens (including phenoxy) is 4. The Kier molecular flexibility index (Phi) is 6.41. The van der Waals surface area contributed by atoms with Gasteiger partial charge in [0.2, 0.25) is 5.75 Å². The van der Waals surface area contributed by atoms with E-state index in [2.05, 4.69) is 11.2 Å². The van der Waals surface area contributed by atoms with E-state index >= 15 is 0 Å². The first kappa shape index (κ1) is 15.0. The van der Waals surface area contributed by atoms with Crippen molar-refractivity contribution in [2.75, 3.05) is 41.0 Å². The van der Waals surface area contributed by atoms with Crippen LogP contribution < -0.4 is 24.3 Å². The van der Waals surface area contributed by atoms with Gasteiger partial charge >= 0.3 is 0 Å². The Morgan fingerprint density at radius 3 is 2.21 bits per heavy atom. The van der Waals surface area contributed by atoms with Gasteiger partial charge in [0.25, 0.3) is 0 Å². The zero-order valence-corrected chi connectivity index (χ0v) is 11.5. The van der Waals surface area contributed by atoms with Gasteiger partial charge in [-0.1, -0.05) is 5.92 Å². The number of hydrogen-bond acceptors (Lipinski definition) is 5. The van der Waals surface area contributed by atoms with Crippen molar-refractivity contribution in [2.24, 2.45) is 0 Å². The van der Waals surface area contributed by atoms with Crippen LogP contribution in [0.3, 0.4) is 0 Å². The maximum atomic E-state index is 5.59. The molecule has 0 saturated carbocycles. The highest BCUT2D eigenvalue weighted by Crippen LogP contribution is 2.40. The Morgan fingerprint density at radius 2 is 1.74 bits per heavy atom. The van der Waals surface area contributed by atoms with E-state index in [1.54, 1.807) is 33.5 Å². The molecule has 1 N–H and O–H groups in total. The van der Waals surface area contributed by atoms with Crippen LogP contribution in [-0.4, -0.2) is 41.0 Å². The molecule has 0 heterocycles. The third kappa shape index (κ3) is 4.27. The fourth-order valence-electron chi connectivity index (χ4n) is 1.54. The van der Waals surface area contributed by atoms with E-state index in [1.165, 1.54) is 0 Å². The predicted molar refractivity (Wildman–Crippen MR) is 73.3 cm³/mol. The molecule has 5 heteroatoms. The number of nitrogens with one attached hydrogen (secondary N) is 1. The van der Waals surface area contributed by atoms with Crippen molar-refractivity contribution >= 4 is 0 Å². The van der Waals surface area contributed by atoms with Crippen LogP contribution in [-0.2, 0) is 0 Å². The fourth-order valence-corrected chi connectivity index (χ4v) is 1.54. The van der Waals surface area contributed by atoms with Gasteiger partial charge in [-0.2, -0.15) is 0 Å². The molecule has 1 rings (SSSR count). The molecule has 0 aliphatic carbocycles. The summed E-state index contributed by atoms with van der Waals surface area (Å²) in [5.74, 6) is 4.82. The summed E-state index contributed by atoms with van der Waals surface area (Å²) < 4.78 is 21.3. The summed E-state index contributed by atoms with van der Waals surface area (Å²) in [5, 5.41) is 3.04. The van der Waals surface area contributed by atoms with Crippen molar-refractivity contribution in [3.05, 3.63) is 12.1 Å². The number of methoxy groups -OCH3 is 3. The summed E-state index contributed by atoms with van der Waals surface area (Å²) in [7, 11) is 4.69. The van der Waals surface area contributed by atoms with Gasteiger partial charge in [-0.15, -0.1) is 6.42 Å². The van der Waals surface area contributed by atoms with Crippen molar-refractivity contribution in [1.29, 1.82) is 0 Å². The zero-order valence-electron chi connectivity index (χ0n) is 11.5. The molecule has 0 saturated heterocycles. The Labute approximate surface area is 113 Å². The molecule has 0 radical (unpaired) electrons. The van der Waals surface area contributed by atoms with E-state index < -0.39 is 0 Å². The maximum Gasteiger partial charge on any atom is 0.203 e. The van der Waals surface area contributed by atoms with Gasteiger partial charge < -0.3 is 24.3 Å². The summed E-state index contributed by atoms with van der Waals surface area (Å²) in [6.45, 7) is 1.69. The summed E-state index contributed by atoms with van der Waals surface area (Å²) in [4.78, 5) is 0. The van der Waals surface area contributed by atoms with Crippen LogP contribution in [0.15, 0.2) is 12.1 Å². The minimum absolute atomic E-state index is 0.500. The quantitative estimate of drug-likeness (QED) is 0.567. The van der Waals surface area contributed by atoms with Crippen molar-refractivity contribution < 1.29 is 18.9 Å². The third-order valence-electron chi connectivity index (χ3n) is 2.41. The normalized spacial score (nSPS) is 9.58. The SMILES string of the molecule is C#CCNCCOc1cc(OC)c(OC)c(OC)c1. The highest BCUT2D eigenvalue weighted by molar-refractivity contribution is 5.55. The smallest absolute Gasteiger partial charge is 0.203 e. The Morgan fingerprint density at radius 1 is 1.11 bits per heavy atom. The maximum absolute atomic E-state index is 5.59. The molecule has 0 unspecified atom stereocenters. The van der Waals surface area contributed by atoms with Crippen molar-refractivity contribution in [3.63, 3.8) is 0 Å². The van der Waals surface area contributed by atoms with Crippen LogP contribution in [0.5, 0.6) is 23.0 Å². The highest BCUT2D eigenvalue weighted by atomic mass is 16.5. The molecule has 0 atom stereocenters. The van der Waals surface area contributed by atoms with Gasteiger partial charge in [0.1, 0.15) is 12.4 Å². The first-order valence-corrected chi connectivity index (χ1v) is 5.83. The number of benzene rings is 1. The molecule has 5 nitrogen and oxygen atoms in total. The Hall–Kier alpha value is -2.06. The summed E-state index contributed by atoms with van der Waals surface area (Å²) in [6, 6.07) is 3.51. The summed E-state index contributed by atoms with van der Waals surface area (Å²) in [6.07, 6.45) is 5.13. The van der Waals surface area contributed by atoms with Crippen LogP contribution in [0.1, 0.15) is 0 Å². The second-order valence-electron chi connectivity index (χ2n) is 3.59. The van der Waals surface area contributed by atoms with Gasteiger partial charge in [-0.25, -0.2) is 0 Å². The van der Waals surface area contributed by atoms with E-state index in [-0.39, 0.29) is 0 Å². The van der Waals surface area contributed by atoms with E-state index in [9.17, 15) is 0 Å². The fraction of sp³-hybridized carbons (Fsp3) is 0.429. The first-order valence-electron chi connectivity index (χ1n) is 5.83. The number of terminal acetylenes is 1. The standard InChI is InChI=1S/C14H19NO4/c1-5-6-15-7-8-19-11-9-12(16-2)14(18-4)13(10-11)17-3/h1,9-10,15H,6-8H2,2-4H3. The monoisotopic (exact) mass is 265 g/mol. The minimum Gasteiger partial charge on any atom is -0.493 e. The second-order valence-corrected chi connectivity index (χ2v) is 3.59. The van der Waals surface area contributed by atoms with E-state index in [4.69, 9.17) is 25.4 Å². The van der Waals surface area contributed by atoms with Crippen LogP contribution in [0, 0.1) is 12.3 Å². The van der Waals surface area contributed by atoms with Crippen LogP contribution in [0.4, 0.5) is 0 Å². The van der Waals surface area contributed by atoms with Gasteiger partial charge in [0, 0.05) is 18.7 Å². The van der Waals surface area contributed by atoms with Gasteiger partial charge in [0.15, 0.2) is 11.5 Å². The third-order valence-corrected chi connectivity index (χ3v) is 2.41. The van der Waals surface area contributed by atoms with Gasteiger partial charge in [-0.05, 0) is 0 Å². The number of rotatable bonds is 8. The lowest BCUT2D eigenvalue weighted by atomic mass is 10.2. The van der Waals surface area contributed by atoms with Crippen molar-refractivity contribution in [2.45, 2.75) is 0 Å². The second kappa shape index (κ2) is 8.11. The summed E-state index contributed by atoms with van der Waals surface area (Å²) >= 11 is 0. The highest BCUT2D eigenvalue weighted by Gasteiger charge is 2.13. The largest absolute Gasteiger partial charge is 0.493 e. The van der Waals surface area contributed by atoms with Crippen molar-refractivity contribution in [1.82, 2.24) is 5.32 Å². The molecule has 0 spiro atoms. The average molecular weight is 265 g/mol. The number of hydrogen-bond donors (Lipinski definition) is 1. The molecule has 19 heavy (non-hydrogen) atoms. The average Bonchev–Trinajstić information content (AvgIpc) is 2.45. The van der Waals surface area contributed by atoms with E-state index in [0.29, 0.717) is 42.7 Å². The lowest BCUT2D eigenvalue weighted by molar-refractivity contribution is 0.298. The van der Waals surface area contributed by atoms with Crippen LogP contribution >= 0.6 is 0 Å². The molecule has 0 aliphatic rings. The van der Waals surface area contributed by atoms with Crippen LogP contribution in [0.25, 0.3) is 0 Å². The molecule has 1 aromatic carbocycles. The van der Waals surface area contributed by atoms with Gasteiger partial charge in [-0.3, -0.25) is 0 Å². The lowest BCUT2D eigenvalue weighted by Crippen LogP contribution is -2.21. The molecule has 0 aromatic heterocycles. The molecular weight excluding hydrogens is 246 g/mol. The summed E-state index contributed by atoms with van der Waals surface area (Å²) in [5.41, 5.74) is 0.